The van der Waals surface area contributed by atoms with Crippen LogP contribution in [-0.2, 0) is 0 Å². The number of rotatable bonds is 16. The zero-order valence-corrected chi connectivity index (χ0v) is 14.5. The van der Waals surface area contributed by atoms with Crippen molar-refractivity contribution in [3.05, 3.63) is 0 Å². The Labute approximate surface area is 133 Å². The van der Waals surface area contributed by atoms with Crippen molar-refractivity contribution in [1.29, 1.82) is 0 Å². The highest BCUT2D eigenvalue weighted by molar-refractivity contribution is 4.66. The van der Waals surface area contributed by atoms with E-state index in [2.05, 4.69) is 6.92 Å². The molecule has 6 N–H and O–H groups in total. The van der Waals surface area contributed by atoms with Crippen molar-refractivity contribution in [2.75, 3.05) is 0 Å². The summed E-state index contributed by atoms with van der Waals surface area (Å²) in [4.78, 5) is 0. The van der Waals surface area contributed by atoms with E-state index in [1.807, 2.05) is 0 Å². The van der Waals surface area contributed by atoms with E-state index < -0.39 is 5.79 Å². The molecule has 0 fully saturated rings. The Hall–Kier alpha value is -0.120. The van der Waals surface area contributed by atoms with Crippen LogP contribution in [-0.4, -0.2) is 5.79 Å². The van der Waals surface area contributed by atoms with Crippen LogP contribution in [0.4, 0.5) is 0 Å². The molecule has 21 heavy (non-hydrogen) atoms. The number of unbranched alkanes of at least 4 members (excludes halogenated alkanes) is 14. The molecule has 0 rings (SSSR count). The Kier molecular flexibility index (Phi) is 14.7. The van der Waals surface area contributed by atoms with Crippen LogP contribution < -0.4 is 17.2 Å². The highest BCUT2D eigenvalue weighted by atomic mass is 15.1. The Morgan fingerprint density at radius 1 is 0.476 bits per heavy atom. The maximum absolute atomic E-state index is 5.55. The van der Waals surface area contributed by atoms with Crippen LogP contribution in [0.3, 0.4) is 0 Å². The summed E-state index contributed by atoms with van der Waals surface area (Å²) in [5.74, 6) is -0.962. The van der Waals surface area contributed by atoms with E-state index in [4.69, 9.17) is 17.2 Å². The molecule has 0 bridgehead atoms. The zero-order chi connectivity index (χ0) is 15.8. The highest BCUT2D eigenvalue weighted by Gasteiger charge is 2.09. The van der Waals surface area contributed by atoms with Crippen molar-refractivity contribution in [2.45, 2.75) is 115 Å². The molecule has 0 aliphatic carbocycles. The van der Waals surface area contributed by atoms with Crippen molar-refractivity contribution < 1.29 is 0 Å². The molecule has 128 valence electrons. The SMILES string of the molecule is CCCCCCCCCCCCCCCCCC(N)(N)N. The lowest BCUT2D eigenvalue weighted by atomic mass is 10.0. The van der Waals surface area contributed by atoms with Gasteiger partial charge in [-0.2, -0.15) is 0 Å². The molecule has 0 aromatic carbocycles. The van der Waals surface area contributed by atoms with Crippen LogP contribution in [0, 0.1) is 0 Å². The largest absolute Gasteiger partial charge is 0.301 e. The molecule has 0 unspecified atom stereocenters. The normalized spacial score (nSPS) is 12.0. The third-order valence-corrected chi connectivity index (χ3v) is 4.21. The van der Waals surface area contributed by atoms with Gasteiger partial charge in [-0.15, -0.1) is 0 Å². The molecule has 0 amide bonds. The van der Waals surface area contributed by atoms with E-state index >= 15 is 0 Å². The third-order valence-electron chi connectivity index (χ3n) is 4.21. The van der Waals surface area contributed by atoms with Gasteiger partial charge in [0.15, 0.2) is 0 Å². The highest BCUT2D eigenvalue weighted by Crippen LogP contribution is 2.13. The van der Waals surface area contributed by atoms with Gasteiger partial charge in [0.05, 0.1) is 0 Å². The van der Waals surface area contributed by atoms with Crippen molar-refractivity contribution in [2.24, 2.45) is 17.2 Å². The fraction of sp³-hybridized carbons (Fsp3) is 1.00. The average molecular weight is 300 g/mol. The first-order valence-electron chi connectivity index (χ1n) is 9.43. The van der Waals surface area contributed by atoms with Gasteiger partial charge in [0, 0.05) is 0 Å². The van der Waals surface area contributed by atoms with Crippen LogP contribution >= 0.6 is 0 Å². The molecule has 3 heteroatoms. The Bertz CT molecular complexity index is 199. The molecule has 0 aromatic rings. The first kappa shape index (κ1) is 20.9. The maximum atomic E-state index is 5.55. The fourth-order valence-electron chi connectivity index (χ4n) is 2.80. The summed E-state index contributed by atoms with van der Waals surface area (Å²) in [6, 6.07) is 0. The maximum Gasteiger partial charge on any atom is 0.115 e. The molecular formula is C18H41N3. The van der Waals surface area contributed by atoms with Gasteiger partial charge in [0.25, 0.3) is 0 Å². The Balaban J connectivity index is 3.00. The molecule has 0 saturated heterocycles. The standard InChI is InChI=1S/C18H41N3/c1-2-3-4-5-6-7-8-9-10-11-12-13-14-15-16-17-18(19,20)21/h2-17,19-21H2,1H3. The second-order valence-electron chi connectivity index (χ2n) is 6.81. The van der Waals surface area contributed by atoms with E-state index in [0.717, 1.165) is 12.8 Å². The Morgan fingerprint density at radius 2 is 0.762 bits per heavy atom. The molecule has 0 saturated carbocycles. The zero-order valence-electron chi connectivity index (χ0n) is 14.5. The average Bonchev–Trinajstić information content (AvgIpc) is 2.42. The monoisotopic (exact) mass is 299 g/mol. The van der Waals surface area contributed by atoms with E-state index in [1.165, 1.54) is 89.9 Å². The first-order chi connectivity index (χ1) is 10.1. The number of nitrogens with two attached hydrogens (primary N) is 3. The van der Waals surface area contributed by atoms with Gasteiger partial charge in [0.2, 0.25) is 0 Å². The summed E-state index contributed by atoms with van der Waals surface area (Å²) < 4.78 is 0. The van der Waals surface area contributed by atoms with Crippen LogP contribution in [0.15, 0.2) is 0 Å². The summed E-state index contributed by atoms with van der Waals surface area (Å²) in [6.45, 7) is 2.28. The van der Waals surface area contributed by atoms with E-state index in [-0.39, 0.29) is 0 Å². The minimum Gasteiger partial charge on any atom is -0.301 e. The van der Waals surface area contributed by atoms with Gasteiger partial charge in [-0.1, -0.05) is 96.8 Å². The number of hydrogen-bond acceptors (Lipinski definition) is 3. The minimum atomic E-state index is -0.962. The van der Waals surface area contributed by atoms with Gasteiger partial charge in [-0.3, -0.25) is 0 Å². The quantitative estimate of drug-likeness (QED) is 0.283. The third kappa shape index (κ3) is 19.9. The lowest BCUT2D eigenvalue weighted by Gasteiger charge is -2.17. The molecule has 0 aromatic heterocycles. The summed E-state index contributed by atoms with van der Waals surface area (Å²) in [5.41, 5.74) is 16.6. The minimum absolute atomic E-state index is 0.727. The topological polar surface area (TPSA) is 78.1 Å². The van der Waals surface area contributed by atoms with Crippen LogP contribution in [0.5, 0.6) is 0 Å². The molecule has 0 aliphatic heterocycles. The number of hydrogen-bond donors (Lipinski definition) is 3. The lowest BCUT2D eigenvalue weighted by Crippen LogP contribution is -2.57. The summed E-state index contributed by atoms with van der Waals surface area (Å²) in [5, 5.41) is 0. The molecular weight excluding hydrogens is 258 g/mol. The Morgan fingerprint density at radius 3 is 1.05 bits per heavy atom. The van der Waals surface area contributed by atoms with E-state index in [9.17, 15) is 0 Å². The van der Waals surface area contributed by atoms with Crippen molar-refractivity contribution in [1.82, 2.24) is 0 Å². The second kappa shape index (κ2) is 14.8. The van der Waals surface area contributed by atoms with Gasteiger partial charge in [0.1, 0.15) is 5.79 Å². The summed E-state index contributed by atoms with van der Waals surface area (Å²) in [7, 11) is 0. The first-order valence-corrected chi connectivity index (χ1v) is 9.43. The molecule has 3 nitrogen and oxygen atoms in total. The predicted octanol–water partition coefficient (Wildman–Crippen LogP) is 4.78. The van der Waals surface area contributed by atoms with Crippen LogP contribution in [0.1, 0.15) is 110 Å². The molecule has 0 radical (unpaired) electrons. The van der Waals surface area contributed by atoms with E-state index in [1.54, 1.807) is 0 Å². The molecule has 0 spiro atoms. The van der Waals surface area contributed by atoms with Crippen LogP contribution in [0.2, 0.25) is 0 Å². The summed E-state index contributed by atoms with van der Waals surface area (Å²) in [6.07, 6.45) is 21.3. The van der Waals surface area contributed by atoms with Gasteiger partial charge < -0.3 is 17.2 Å². The molecule has 0 atom stereocenters. The fourth-order valence-corrected chi connectivity index (χ4v) is 2.80. The predicted molar refractivity (Wildman–Crippen MR) is 94.8 cm³/mol. The molecule has 0 heterocycles. The van der Waals surface area contributed by atoms with Crippen molar-refractivity contribution in [3.8, 4) is 0 Å². The summed E-state index contributed by atoms with van der Waals surface area (Å²) >= 11 is 0. The van der Waals surface area contributed by atoms with E-state index in [0.29, 0.717) is 0 Å². The van der Waals surface area contributed by atoms with Gasteiger partial charge in [-0.25, -0.2) is 0 Å². The van der Waals surface area contributed by atoms with Gasteiger partial charge >= 0.3 is 0 Å². The molecule has 0 aliphatic rings. The van der Waals surface area contributed by atoms with Crippen molar-refractivity contribution in [3.63, 3.8) is 0 Å². The smallest absolute Gasteiger partial charge is 0.115 e. The van der Waals surface area contributed by atoms with Crippen molar-refractivity contribution >= 4 is 0 Å². The van der Waals surface area contributed by atoms with Gasteiger partial charge in [-0.05, 0) is 12.8 Å². The lowest BCUT2D eigenvalue weighted by molar-refractivity contribution is 0.399. The van der Waals surface area contributed by atoms with Crippen LogP contribution in [0.25, 0.3) is 0 Å². The second-order valence-corrected chi connectivity index (χ2v) is 6.81.